The van der Waals surface area contributed by atoms with Gasteiger partial charge in [0.2, 0.25) is 0 Å². The summed E-state index contributed by atoms with van der Waals surface area (Å²) in [6.07, 6.45) is 2.84. The third kappa shape index (κ3) is 7.71. The van der Waals surface area contributed by atoms with Crippen molar-refractivity contribution in [2.24, 2.45) is 0 Å². The van der Waals surface area contributed by atoms with Gasteiger partial charge in [-0.2, -0.15) is 0 Å². The van der Waals surface area contributed by atoms with Crippen molar-refractivity contribution in [3.63, 3.8) is 0 Å². The van der Waals surface area contributed by atoms with E-state index in [1.807, 2.05) is 43.5 Å². The fraction of sp³-hybridized carbons (Fsp3) is 0.522. The molecule has 0 aliphatic carbocycles. The van der Waals surface area contributed by atoms with E-state index in [0.29, 0.717) is 42.5 Å². The van der Waals surface area contributed by atoms with Gasteiger partial charge >= 0.3 is 7.52 Å². The van der Waals surface area contributed by atoms with E-state index in [1.165, 1.54) is 6.33 Å². The van der Waals surface area contributed by atoms with Gasteiger partial charge in [0.15, 0.2) is 17.8 Å². The molecule has 2 aromatic heterocycles. The first kappa shape index (κ1) is 27.0. The molecule has 0 fully saturated rings. The molecule has 0 saturated heterocycles. The fourth-order valence-corrected chi connectivity index (χ4v) is 4.98. The number of ether oxygens (including phenoxy) is 3. The quantitative estimate of drug-likeness (QED) is 0.232. The van der Waals surface area contributed by atoms with Gasteiger partial charge in [-0.25, -0.2) is 20.0 Å². The van der Waals surface area contributed by atoms with E-state index in [-0.39, 0.29) is 19.0 Å². The van der Waals surface area contributed by atoms with Crippen molar-refractivity contribution in [2.45, 2.75) is 53.1 Å². The number of nitrogens with one attached hydrogen (secondary N) is 1. The predicted molar refractivity (Wildman–Crippen MR) is 134 cm³/mol. The van der Waals surface area contributed by atoms with Gasteiger partial charge in [0.25, 0.3) is 0 Å². The number of hydrogen-bond acceptors (Lipinski definition) is 9. The lowest BCUT2D eigenvalue weighted by molar-refractivity contribution is -0.130. The average Bonchev–Trinajstić information content (AvgIpc) is 3.26. The minimum Gasteiger partial charge on any atom is -0.431 e. The number of rotatable bonds is 15. The first-order chi connectivity index (χ1) is 16.9. The first-order valence-electron chi connectivity index (χ1n) is 11.8. The van der Waals surface area contributed by atoms with Gasteiger partial charge in [0.1, 0.15) is 23.9 Å². The van der Waals surface area contributed by atoms with Crippen LogP contribution in [0.4, 0.5) is 5.82 Å². The molecule has 1 aromatic carbocycles. The maximum atomic E-state index is 13.8. The van der Waals surface area contributed by atoms with Crippen LogP contribution < -0.4 is 15.3 Å². The highest BCUT2D eigenvalue weighted by atomic mass is 31.2. The van der Waals surface area contributed by atoms with Crippen LogP contribution in [0.3, 0.4) is 0 Å². The van der Waals surface area contributed by atoms with E-state index in [1.54, 1.807) is 12.4 Å². The molecule has 11 nitrogen and oxygen atoms in total. The van der Waals surface area contributed by atoms with E-state index in [4.69, 9.17) is 24.5 Å². The zero-order chi connectivity index (χ0) is 25.3. The minimum atomic E-state index is -3.48. The summed E-state index contributed by atoms with van der Waals surface area (Å²) in [7, 11) is -3.48. The van der Waals surface area contributed by atoms with Crippen LogP contribution in [0.15, 0.2) is 36.9 Å². The molecule has 2 atom stereocenters. The first-order valence-corrected chi connectivity index (χ1v) is 13.6. The Morgan fingerprint density at radius 1 is 1.11 bits per heavy atom. The number of nitrogens with zero attached hydrogens (tertiary/aromatic N) is 4. The normalized spacial score (nSPS) is 14.3. The molecule has 2 heterocycles. The molecule has 12 heteroatoms. The van der Waals surface area contributed by atoms with Gasteiger partial charge in [-0.05, 0) is 44.9 Å². The number of aromatic nitrogens is 4. The molecule has 0 saturated carbocycles. The molecule has 0 amide bonds. The standard InChI is InChI=1S/C23H35N6O5P/c1-5-18-9-8-10-19(11-18)34-35(30,28-12-20(31-6-2)32-7-3)16-33-17(4)13-29-15-27-21-22(24)25-14-26-23(21)29/h8-11,14-15,17,20H,5-7,12-13,16H2,1-4H3,(H,28,30)(H2,24,25,26)/t17-,35?/m1/s1. The lowest BCUT2D eigenvalue weighted by atomic mass is 10.2. The van der Waals surface area contributed by atoms with Crippen LogP contribution >= 0.6 is 7.52 Å². The molecular formula is C23H35N6O5P. The number of hydrogen-bond donors (Lipinski definition) is 2. The van der Waals surface area contributed by atoms with Crippen LogP contribution in [0.1, 0.15) is 33.3 Å². The Morgan fingerprint density at radius 3 is 2.60 bits per heavy atom. The summed E-state index contributed by atoms with van der Waals surface area (Å²) in [4.78, 5) is 12.5. The summed E-state index contributed by atoms with van der Waals surface area (Å²) in [6.45, 7) is 9.23. The number of fused-ring (bicyclic) bond motifs is 1. The monoisotopic (exact) mass is 506 g/mol. The molecule has 3 rings (SSSR count). The third-order valence-electron chi connectivity index (χ3n) is 5.18. The molecule has 192 valence electrons. The molecule has 0 aliphatic heterocycles. The minimum absolute atomic E-state index is 0.154. The Kier molecular flexibility index (Phi) is 10.00. The number of anilines is 1. The Balaban J connectivity index is 1.70. The van der Waals surface area contributed by atoms with Crippen molar-refractivity contribution in [2.75, 3.05) is 31.8 Å². The molecular weight excluding hydrogens is 471 g/mol. The summed E-state index contributed by atoms with van der Waals surface area (Å²) in [6, 6.07) is 7.53. The average molecular weight is 507 g/mol. The van der Waals surface area contributed by atoms with Gasteiger partial charge in [0.05, 0.1) is 25.5 Å². The van der Waals surface area contributed by atoms with Crippen LogP contribution in [0.25, 0.3) is 11.2 Å². The number of aryl methyl sites for hydroxylation is 1. The lowest BCUT2D eigenvalue weighted by Crippen LogP contribution is -2.32. The zero-order valence-corrected chi connectivity index (χ0v) is 21.6. The van der Waals surface area contributed by atoms with E-state index < -0.39 is 13.8 Å². The van der Waals surface area contributed by atoms with Gasteiger partial charge in [-0.1, -0.05) is 19.1 Å². The van der Waals surface area contributed by atoms with E-state index in [9.17, 15) is 4.57 Å². The lowest BCUT2D eigenvalue weighted by Gasteiger charge is -2.25. The van der Waals surface area contributed by atoms with Crippen molar-refractivity contribution in [1.29, 1.82) is 0 Å². The molecule has 35 heavy (non-hydrogen) atoms. The molecule has 0 aliphatic rings. The molecule has 0 spiro atoms. The van der Waals surface area contributed by atoms with E-state index in [2.05, 4.69) is 27.0 Å². The predicted octanol–water partition coefficient (Wildman–Crippen LogP) is 3.59. The highest BCUT2D eigenvalue weighted by Crippen LogP contribution is 2.43. The van der Waals surface area contributed by atoms with E-state index >= 15 is 0 Å². The molecule has 3 aromatic rings. The SMILES string of the molecule is CCOC(CNP(=O)(CO[C@H](C)Cn1cnc2c(N)ncnc21)Oc1cccc(CC)c1)OCC. The third-order valence-corrected chi connectivity index (χ3v) is 6.84. The highest BCUT2D eigenvalue weighted by Gasteiger charge is 2.28. The summed E-state index contributed by atoms with van der Waals surface area (Å²) >= 11 is 0. The van der Waals surface area contributed by atoms with Crippen molar-refractivity contribution >= 4 is 24.5 Å². The Bertz CT molecular complexity index is 1120. The second-order valence-corrected chi connectivity index (χ2v) is 10.0. The zero-order valence-electron chi connectivity index (χ0n) is 20.7. The van der Waals surface area contributed by atoms with Crippen LogP contribution in [0.5, 0.6) is 5.75 Å². The maximum Gasteiger partial charge on any atom is 0.342 e. The fourth-order valence-electron chi connectivity index (χ4n) is 3.44. The molecule has 3 N–H and O–H groups in total. The van der Waals surface area contributed by atoms with Gasteiger partial charge < -0.3 is 29.0 Å². The van der Waals surface area contributed by atoms with Crippen molar-refractivity contribution in [3.05, 3.63) is 42.5 Å². The van der Waals surface area contributed by atoms with Crippen LogP contribution in [-0.2, 0) is 31.7 Å². The number of nitrogens with two attached hydrogens (primary N) is 1. The van der Waals surface area contributed by atoms with Crippen molar-refractivity contribution in [3.8, 4) is 5.75 Å². The van der Waals surface area contributed by atoms with Gasteiger partial charge in [-0.3, -0.25) is 4.57 Å². The Labute approximate surface area is 205 Å². The second-order valence-electron chi connectivity index (χ2n) is 7.90. The molecule has 0 bridgehead atoms. The number of nitrogen functional groups attached to an aromatic ring is 1. The summed E-state index contributed by atoms with van der Waals surface area (Å²) in [5.74, 6) is 0.825. The van der Waals surface area contributed by atoms with Crippen LogP contribution in [0.2, 0.25) is 0 Å². The van der Waals surface area contributed by atoms with Gasteiger partial charge in [-0.15, -0.1) is 0 Å². The number of imidazole rings is 1. The summed E-state index contributed by atoms with van der Waals surface area (Å²) in [5.41, 5.74) is 8.09. The number of benzene rings is 1. The summed E-state index contributed by atoms with van der Waals surface area (Å²) in [5, 5.41) is 3.01. The van der Waals surface area contributed by atoms with Gasteiger partial charge in [0, 0.05) is 13.2 Å². The van der Waals surface area contributed by atoms with Crippen LogP contribution in [-0.4, -0.2) is 58.0 Å². The smallest absolute Gasteiger partial charge is 0.342 e. The topological polar surface area (TPSA) is 136 Å². The maximum absolute atomic E-state index is 13.8. The molecule has 0 radical (unpaired) electrons. The Hall–Kier alpha value is -2.56. The summed E-state index contributed by atoms with van der Waals surface area (Å²) < 4.78 is 38.8. The second kappa shape index (κ2) is 12.9. The van der Waals surface area contributed by atoms with Crippen molar-refractivity contribution < 1.29 is 23.3 Å². The highest BCUT2D eigenvalue weighted by molar-refractivity contribution is 7.57. The molecule has 1 unspecified atom stereocenters. The van der Waals surface area contributed by atoms with Crippen LogP contribution in [0, 0.1) is 0 Å². The van der Waals surface area contributed by atoms with Crippen molar-refractivity contribution in [1.82, 2.24) is 24.6 Å². The largest absolute Gasteiger partial charge is 0.431 e. The van der Waals surface area contributed by atoms with E-state index in [0.717, 1.165) is 12.0 Å². The Morgan fingerprint density at radius 2 is 1.89 bits per heavy atom.